The fraction of sp³-hybridized carbons (Fsp3) is 0.182. The second kappa shape index (κ2) is 5.25. The summed E-state index contributed by atoms with van der Waals surface area (Å²) in [5.41, 5.74) is 5.30. The van der Waals surface area contributed by atoms with Gasteiger partial charge in [-0.25, -0.2) is 0 Å². The Morgan fingerprint density at radius 3 is 3.06 bits per heavy atom. The van der Waals surface area contributed by atoms with Crippen LogP contribution in [0.5, 0.6) is 0 Å². The molecule has 0 saturated carbocycles. The Bertz CT molecular complexity index is 484. The minimum absolute atomic E-state index is 0.0185. The molecular weight excluding hydrogens is 240 g/mol. The average molecular weight is 252 g/mol. The van der Waals surface area contributed by atoms with E-state index in [0.29, 0.717) is 13.1 Å². The van der Waals surface area contributed by atoms with Gasteiger partial charge in [0, 0.05) is 22.5 Å². The maximum atomic E-state index is 11.7. The maximum Gasteiger partial charge on any atom is 0.261 e. The molecule has 0 aliphatic carbocycles. The maximum absolute atomic E-state index is 11.7. The first-order chi connectivity index (χ1) is 7.81. The fourth-order valence-electron chi connectivity index (χ4n) is 1.30. The van der Waals surface area contributed by atoms with Gasteiger partial charge in [0.1, 0.15) is 0 Å². The summed E-state index contributed by atoms with van der Waals surface area (Å²) in [6.07, 6.45) is 3.68. The van der Waals surface area contributed by atoms with Crippen molar-refractivity contribution in [3.05, 3.63) is 34.5 Å². The molecule has 1 amide bonds. The van der Waals surface area contributed by atoms with Gasteiger partial charge in [0.15, 0.2) is 0 Å². The summed E-state index contributed by atoms with van der Waals surface area (Å²) in [5.74, 6) is -0.0185. The van der Waals surface area contributed by atoms with Crippen molar-refractivity contribution >= 4 is 38.0 Å². The van der Waals surface area contributed by atoms with Crippen LogP contribution >= 0.6 is 22.7 Å². The van der Waals surface area contributed by atoms with E-state index in [-0.39, 0.29) is 5.91 Å². The Balaban J connectivity index is 1.99. The largest absolute Gasteiger partial charge is 0.348 e. The number of hydrogen-bond donors (Lipinski definition) is 2. The van der Waals surface area contributed by atoms with E-state index in [9.17, 15) is 4.79 Å². The summed E-state index contributed by atoms with van der Waals surface area (Å²) in [6, 6.07) is 3.97. The van der Waals surface area contributed by atoms with Crippen molar-refractivity contribution in [1.29, 1.82) is 0 Å². The number of hydrogen-bond acceptors (Lipinski definition) is 4. The Morgan fingerprint density at radius 1 is 1.44 bits per heavy atom. The molecule has 2 heterocycles. The van der Waals surface area contributed by atoms with Crippen LogP contribution in [0.3, 0.4) is 0 Å². The lowest BCUT2D eigenvalue weighted by Gasteiger charge is -1.97. The van der Waals surface area contributed by atoms with E-state index in [1.807, 2.05) is 29.7 Å². The summed E-state index contributed by atoms with van der Waals surface area (Å²) in [5, 5.41) is 4.85. The Hall–Kier alpha value is -1.17. The third-order valence-corrected chi connectivity index (χ3v) is 4.14. The lowest BCUT2D eigenvalue weighted by molar-refractivity contribution is 0.0962. The number of carbonyl (C=O) groups excluding carboxylic acids is 1. The van der Waals surface area contributed by atoms with Crippen molar-refractivity contribution in [2.45, 2.75) is 0 Å². The van der Waals surface area contributed by atoms with Crippen LogP contribution in [-0.4, -0.2) is 19.0 Å². The van der Waals surface area contributed by atoms with E-state index in [1.54, 1.807) is 11.3 Å². The minimum atomic E-state index is -0.0185. The normalized spacial score (nSPS) is 11.3. The topological polar surface area (TPSA) is 55.1 Å². The predicted octanol–water partition coefficient (Wildman–Crippen LogP) is 2.21. The predicted molar refractivity (Wildman–Crippen MR) is 70.2 cm³/mol. The molecule has 0 atom stereocenters. The quantitative estimate of drug-likeness (QED) is 0.820. The molecule has 0 bridgehead atoms. The van der Waals surface area contributed by atoms with Gasteiger partial charge in [0.2, 0.25) is 0 Å². The third kappa shape index (κ3) is 2.49. The van der Waals surface area contributed by atoms with Gasteiger partial charge in [-0.1, -0.05) is 12.2 Å². The van der Waals surface area contributed by atoms with Crippen molar-refractivity contribution < 1.29 is 4.79 Å². The zero-order valence-corrected chi connectivity index (χ0v) is 10.2. The first kappa shape index (κ1) is 11.3. The van der Waals surface area contributed by atoms with E-state index < -0.39 is 0 Å². The summed E-state index contributed by atoms with van der Waals surface area (Å²) < 4.78 is 2.35. The third-order valence-electron chi connectivity index (χ3n) is 2.05. The molecule has 0 fully saturated rings. The number of fused-ring (bicyclic) bond motifs is 1. The smallest absolute Gasteiger partial charge is 0.261 e. The number of nitrogens with two attached hydrogens (primary N) is 1. The highest BCUT2D eigenvalue weighted by molar-refractivity contribution is 7.27. The molecule has 2 aromatic rings. The highest BCUT2D eigenvalue weighted by Gasteiger charge is 2.09. The van der Waals surface area contributed by atoms with Gasteiger partial charge in [-0.15, -0.1) is 22.7 Å². The van der Waals surface area contributed by atoms with Crippen molar-refractivity contribution in [1.82, 2.24) is 5.32 Å². The Labute approximate surface area is 102 Å². The van der Waals surface area contributed by atoms with Gasteiger partial charge in [-0.3, -0.25) is 4.79 Å². The van der Waals surface area contributed by atoms with E-state index in [0.717, 1.165) is 4.88 Å². The monoisotopic (exact) mass is 252 g/mol. The molecule has 0 radical (unpaired) electrons. The van der Waals surface area contributed by atoms with Gasteiger partial charge in [-0.2, -0.15) is 0 Å². The molecule has 0 aliphatic heterocycles. The van der Waals surface area contributed by atoms with Crippen molar-refractivity contribution in [3.8, 4) is 0 Å². The highest BCUT2D eigenvalue weighted by atomic mass is 32.1. The summed E-state index contributed by atoms with van der Waals surface area (Å²) in [4.78, 5) is 12.5. The van der Waals surface area contributed by atoms with Gasteiger partial charge in [-0.05, 0) is 17.5 Å². The van der Waals surface area contributed by atoms with Crippen molar-refractivity contribution in [2.24, 2.45) is 5.73 Å². The van der Waals surface area contributed by atoms with Crippen LogP contribution in [0.2, 0.25) is 0 Å². The van der Waals surface area contributed by atoms with Crippen molar-refractivity contribution in [2.75, 3.05) is 13.1 Å². The molecule has 0 spiro atoms. The van der Waals surface area contributed by atoms with Crippen LogP contribution in [0.25, 0.3) is 9.40 Å². The molecule has 16 heavy (non-hydrogen) atoms. The lowest BCUT2D eigenvalue weighted by Crippen LogP contribution is -2.22. The molecule has 5 heteroatoms. The zero-order valence-electron chi connectivity index (χ0n) is 8.60. The average Bonchev–Trinajstić information content (AvgIpc) is 2.83. The van der Waals surface area contributed by atoms with Crippen LogP contribution in [0, 0.1) is 0 Å². The van der Waals surface area contributed by atoms with Gasteiger partial charge < -0.3 is 11.1 Å². The molecule has 0 aromatic carbocycles. The van der Waals surface area contributed by atoms with Crippen molar-refractivity contribution in [3.63, 3.8) is 0 Å². The standard InChI is InChI=1S/C11H12N2OS2/c12-4-1-2-5-13-11(14)10-7-9-8(16-10)3-6-15-9/h1-3,6-7H,4-5,12H2,(H,13,14)/b2-1+. The SMILES string of the molecule is NC/C=C/CNC(=O)c1cc2sccc2s1. The van der Waals surface area contributed by atoms with Crippen LogP contribution in [-0.2, 0) is 0 Å². The molecule has 0 saturated heterocycles. The van der Waals surface area contributed by atoms with Gasteiger partial charge in [0.25, 0.3) is 5.91 Å². The Kier molecular flexibility index (Phi) is 3.71. The fourth-order valence-corrected chi connectivity index (χ4v) is 3.32. The number of nitrogens with one attached hydrogen (secondary N) is 1. The first-order valence-electron chi connectivity index (χ1n) is 4.91. The zero-order chi connectivity index (χ0) is 11.4. The Morgan fingerprint density at radius 2 is 2.31 bits per heavy atom. The van der Waals surface area contributed by atoms with Gasteiger partial charge >= 0.3 is 0 Å². The number of amides is 1. The minimum Gasteiger partial charge on any atom is -0.348 e. The number of carbonyl (C=O) groups is 1. The molecule has 0 unspecified atom stereocenters. The second-order valence-electron chi connectivity index (χ2n) is 3.18. The van der Waals surface area contributed by atoms with Crippen LogP contribution in [0.4, 0.5) is 0 Å². The molecular formula is C11H12N2OS2. The summed E-state index contributed by atoms with van der Waals surface area (Å²) in [6.45, 7) is 1.03. The molecule has 0 aliphatic rings. The summed E-state index contributed by atoms with van der Waals surface area (Å²) in [7, 11) is 0. The van der Waals surface area contributed by atoms with Crippen LogP contribution < -0.4 is 11.1 Å². The number of thiophene rings is 2. The van der Waals surface area contributed by atoms with Gasteiger partial charge in [0.05, 0.1) is 4.88 Å². The molecule has 84 valence electrons. The molecule has 3 N–H and O–H groups in total. The summed E-state index contributed by atoms with van der Waals surface area (Å²) >= 11 is 3.18. The van der Waals surface area contributed by atoms with E-state index >= 15 is 0 Å². The molecule has 3 nitrogen and oxygen atoms in total. The van der Waals surface area contributed by atoms with Crippen LogP contribution in [0.15, 0.2) is 29.7 Å². The van der Waals surface area contributed by atoms with E-state index in [2.05, 4.69) is 5.32 Å². The lowest BCUT2D eigenvalue weighted by atomic mass is 10.4. The highest BCUT2D eigenvalue weighted by Crippen LogP contribution is 2.29. The van der Waals surface area contributed by atoms with Crippen LogP contribution in [0.1, 0.15) is 9.67 Å². The van der Waals surface area contributed by atoms with E-state index in [1.165, 1.54) is 20.7 Å². The molecule has 2 aromatic heterocycles. The molecule has 2 rings (SSSR count). The second-order valence-corrected chi connectivity index (χ2v) is 5.21. The number of rotatable bonds is 4. The van der Waals surface area contributed by atoms with E-state index in [4.69, 9.17) is 5.73 Å². The first-order valence-corrected chi connectivity index (χ1v) is 6.61.